The van der Waals surface area contributed by atoms with E-state index in [0.29, 0.717) is 6.04 Å². The highest BCUT2D eigenvalue weighted by molar-refractivity contribution is 5.80. The van der Waals surface area contributed by atoms with Crippen molar-refractivity contribution in [3.63, 3.8) is 0 Å². The predicted octanol–water partition coefficient (Wildman–Crippen LogP) is 3.03. The van der Waals surface area contributed by atoms with Gasteiger partial charge in [-0.05, 0) is 37.0 Å². The van der Waals surface area contributed by atoms with Crippen LogP contribution in [0.5, 0.6) is 5.75 Å². The standard InChI is InChI=1S/C23H34N4O/c1-24-22(27-15-10-20(17-27)26-13-5-6-14-26)25-18-23(11-3-4-12-23)19-8-7-9-21(16-19)28-2/h5-9,16,20H,3-4,10-15,17-18H2,1-2H3,(H,24,25). The molecule has 5 heteroatoms. The fraction of sp³-hybridized carbons (Fsp3) is 0.609. The van der Waals surface area contributed by atoms with E-state index in [4.69, 9.17) is 4.74 Å². The van der Waals surface area contributed by atoms with Gasteiger partial charge in [-0.1, -0.05) is 37.1 Å². The number of hydrogen-bond donors (Lipinski definition) is 1. The first-order valence-corrected chi connectivity index (χ1v) is 10.7. The zero-order valence-corrected chi connectivity index (χ0v) is 17.4. The molecule has 1 atom stereocenters. The van der Waals surface area contributed by atoms with Gasteiger partial charge in [-0.3, -0.25) is 9.89 Å². The fourth-order valence-corrected chi connectivity index (χ4v) is 5.18. The summed E-state index contributed by atoms with van der Waals surface area (Å²) in [6.45, 7) is 5.31. The summed E-state index contributed by atoms with van der Waals surface area (Å²) in [6.07, 6.45) is 10.8. The van der Waals surface area contributed by atoms with Crippen molar-refractivity contribution in [1.82, 2.24) is 15.1 Å². The van der Waals surface area contributed by atoms with Crippen LogP contribution in [0.15, 0.2) is 41.4 Å². The van der Waals surface area contributed by atoms with Crippen molar-refractivity contribution in [3.05, 3.63) is 42.0 Å². The summed E-state index contributed by atoms with van der Waals surface area (Å²) in [5.41, 5.74) is 1.58. The van der Waals surface area contributed by atoms with Crippen LogP contribution in [-0.2, 0) is 5.41 Å². The van der Waals surface area contributed by atoms with Crippen LogP contribution < -0.4 is 10.1 Å². The number of ether oxygens (including phenoxy) is 1. The molecule has 4 rings (SSSR count). The van der Waals surface area contributed by atoms with Gasteiger partial charge in [0.15, 0.2) is 5.96 Å². The van der Waals surface area contributed by atoms with Crippen LogP contribution in [0.3, 0.4) is 0 Å². The molecule has 1 saturated heterocycles. The zero-order chi connectivity index (χ0) is 19.4. The zero-order valence-electron chi connectivity index (χ0n) is 17.4. The molecule has 0 spiro atoms. The minimum atomic E-state index is 0.183. The lowest BCUT2D eigenvalue weighted by atomic mass is 9.78. The lowest BCUT2D eigenvalue weighted by Crippen LogP contribution is -2.47. The molecule has 0 aromatic heterocycles. The third-order valence-electron chi connectivity index (χ3n) is 6.87. The highest BCUT2D eigenvalue weighted by Gasteiger charge is 2.37. The van der Waals surface area contributed by atoms with Crippen molar-refractivity contribution in [2.75, 3.05) is 46.9 Å². The second-order valence-corrected chi connectivity index (χ2v) is 8.43. The summed E-state index contributed by atoms with van der Waals surface area (Å²) in [5.74, 6) is 2.01. The molecule has 1 unspecified atom stereocenters. The second kappa shape index (κ2) is 8.56. The van der Waals surface area contributed by atoms with E-state index in [-0.39, 0.29) is 5.41 Å². The Kier molecular flexibility index (Phi) is 5.90. The van der Waals surface area contributed by atoms with Crippen LogP contribution >= 0.6 is 0 Å². The summed E-state index contributed by atoms with van der Waals surface area (Å²) in [5, 5.41) is 3.74. The molecule has 0 radical (unpaired) electrons. The van der Waals surface area contributed by atoms with Crippen molar-refractivity contribution < 1.29 is 4.74 Å². The number of nitrogens with one attached hydrogen (secondary N) is 1. The van der Waals surface area contributed by atoms with E-state index in [1.165, 1.54) is 37.7 Å². The number of guanidine groups is 1. The Labute approximate surface area is 169 Å². The molecule has 28 heavy (non-hydrogen) atoms. The first-order chi connectivity index (χ1) is 13.7. The quantitative estimate of drug-likeness (QED) is 0.483. The molecule has 5 nitrogen and oxygen atoms in total. The van der Waals surface area contributed by atoms with E-state index >= 15 is 0 Å². The van der Waals surface area contributed by atoms with E-state index in [1.54, 1.807) is 7.11 Å². The van der Waals surface area contributed by atoms with E-state index in [1.807, 2.05) is 13.1 Å². The average molecular weight is 383 g/mol. The Bertz CT molecular complexity index is 715. The van der Waals surface area contributed by atoms with Crippen LogP contribution in [-0.4, -0.2) is 68.7 Å². The Balaban J connectivity index is 1.42. The molecule has 2 heterocycles. The van der Waals surface area contributed by atoms with Gasteiger partial charge >= 0.3 is 0 Å². The molecule has 0 bridgehead atoms. The molecule has 3 aliphatic rings. The Morgan fingerprint density at radius 1 is 1.25 bits per heavy atom. The Hall–Kier alpha value is -2.01. The van der Waals surface area contributed by atoms with E-state index < -0.39 is 0 Å². The fourth-order valence-electron chi connectivity index (χ4n) is 5.18. The van der Waals surface area contributed by atoms with E-state index in [9.17, 15) is 0 Å². The third kappa shape index (κ3) is 3.90. The first kappa shape index (κ1) is 19.3. The van der Waals surface area contributed by atoms with E-state index in [0.717, 1.165) is 44.4 Å². The first-order valence-electron chi connectivity index (χ1n) is 10.7. The molecule has 2 fully saturated rings. The van der Waals surface area contributed by atoms with Crippen molar-refractivity contribution >= 4 is 5.96 Å². The molecule has 2 aliphatic heterocycles. The second-order valence-electron chi connectivity index (χ2n) is 8.43. The summed E-state index contributed by atoms with van der Waals surface area (Å²) in [6, 6.07) is 9.30. The Morgan fingerprint density at radius 3 is 2.75 bits per heavy atom. The summed E-state index contributed by atoms with van der Waals surface area (Å²) < 4.78 is 5.49. The van der Waals surface area contributed by atoms with Crippen molar-refractivity contribution in [2.45, 2.75) is 43.6 Å². The topological polar surface area (TPSA) is 40.1 Å². The maximum Gasteiger partial charge on any atom is 0.193 e. The molecule has 152 valence electrons. The normalized spacial score (nSPS) is 24.9. The number of benzene rings is 1. The molecular weight excluding hydrogens is 348 g/mol. The van der Waals surface area contributed by atoms with Gasteiger partial charge < -0.3 is 15.0 Å². The number of likely N-dealkylation sites (tertiary alicyclic amines) is 1. The lowest BCUT2D eigenvalue weighted by molar-refractivity contribution is 0.259. The maximum absolute atomic E-state index is 5.49. The van der Waals surface area contributed by atoms with Gasteiger partial charge in [0.05, 0.1) is 7.11 Å². The van der Waals surface area contributed by atoms with Gasteiger partial charge in [0, 0.05) is 51.2 Å². The molecule has 1 aliphatic carbocycles. The van der Waals surface area contributed by atoms with Crippen molar-refractivity contribution in [1.29, 1.82) is 0 Å². The van der Waals surface area contributed by atoms with Gasteiger partial charge in [0.1, 0.15) is 5.75 Å². The number of hydrogen-bond acceptors (Lipinski definition) is 3. The van der Waals surface area contributed by atoms with Gasteiger partial charge in [-0.2, -0.15) is 0 Å². The third-order valence-corrected chi connectivity index (χ3v) is 6.87. The van der Waals surface area contributed by atoms with Gasteiger partial charge in [0.2, 0.25) is 0 Å². The Morgan fingerprint density at radius 2 is 2.04 bits per heavy atom. The summed E-state index contributed by atoms with van der Waals surface area (Å²) in [4.78, 5) is 9.64. The molecule has 0 amide bonds. The molecule has 1 saturated carbocycles. The van der Waals surface area contributed by atoms with Crippen LogP contribution in [0.1, 0.15) is 37.7 Å². The van der Waals surface area contributed by atoms with Crippen molar-refractivity contribution in [3.8, 4) is 5.75 Å². The molecular formula is C23H34N4O. The highest BCUT2D eigenvalue weighted by atomic mass is 16.5. The SMILES string of the molecule is CN=C(NCC1(c2cccc(OC)c2)CCCC1)N1CCC(N2CC=CC2)C1. The monoisotopic (exact) mass is 382 g/mol. The maximum atomic E-state index is 5.49. The lowest BCUT2D eigenvalue weighted by Gasteiger charge is -2.33. The number of methoxy groups -OCH3 is 1. The minimum absolute atomic E-state index is 0.183. The van der Waals surface area contributed by atoms with Gasteiger partial charge in [-0.25, -0.2) is 0 Å². The van der Waals surface area contributed by atoms with Gasteiger partial charge in [0.25, 0.3) is 0 Å². The van der Waals surface area contributed by atoms with Crippen LogP contribution in [0.4, 0.5) is 0 Å². The molecule has 1 N–H and O–H groups in total. The van der Waals surface area contributed by atoms with Crippen LogP contribution in [0, 0.1) is 0 Å². The van der Waals surface area contributed by atoms with Gasteiger partial charge in [-0.15, -0.1) is 0 Å². The number of aliphatic imine (C=N–C) groups is 1. The smallest absolute Gasteiger partial charge is 0.193 e. The average Bonchev–Trinajstić information content (AvgIpc) is 3.49. The molecule has 1 aromatic rings. The summed E-state index contributed by atoms with van der Waals surface area (Å²) >= 11 is 0. The molecule has 1 aromatic carbocycles. The van der Waals surface area contributed by atoms with Crippen LogP contribution in [0.25, 0.3) is 0 Å². The van der Waals surface area contributed by atoms with Crippen LogP contribution in [0.2, 0.25) is 0 Å². The highest BCUT2D eigenvalue weighted by Crippen LogP contribution is 2.41. The number of rotatable bonds is 5. The number of nitrogens with zero attached hydrogens (tertiary/aromatic N) is 3. The minimum Gasteiger partial charge on any atom is -0.497 e. The predicted molar refractivity (Wildman–Crippen MR) is 115 cm³/mol. The van der Waals surface area contributed by atoms with Crippen molar-refractivity contribution in [2.24, 2.45) is 4.99 Å². The largest absolute Gasteiger partial charge is 0.497 e. The van der Waals surface area contributed by atoms with E-state index in [2.05, 4.69) is 50.5 Å². The summed E-state index contributed by atoms with van der Waals surface area (Å²) in [7, 11) is 3.67.